The number of hydrogen-bond acceptors (Lipinski definition) is 4. The van der Waals surface area contributed by atoms with Crippen molar-refractivity contribution in [3.63, 3.8) is 0 Å². The Balaban J connectivity index is 2.39. The van der Waals surface area contributed by atoms with E-state index in [1.54, 1.807) is 18.3 Å². The van der Waals surface area contributed by atoms with Gasteiger partial charge in [0.1, 0.15) is 10.8 Å². The van der Waals surface area contributed by atoms with E-state index in [0.29, 0.717) is 23.8 Å². The van der Waals surface area contributed by atoms with E-state index in [0.717, 1.165) is 12.0 Å². The maximum absolute atomic E-state index is 11.6. The van der Waals surface area contributed by atoms with Gasteiger partial charge in [-0.25, -0.2) is 4.98 Å². The summed E-state index contributed by atoms with van der Waals surface area (Å²) in [6.45, 7) is 4.54. The van der Waals surface area contributed by atoms with Crippen molar-refractivity contribution >= 4 is 28.9 Å². The summed E-state index contributed by atoms with van der Waals surface area (Å²) < 4.78 is 0. The van der Waals surface area contributed by atoms with Crippen LogP contribution >= 0.6 is 12.2 Å². The predicted molar refractivity (Wildman–Crippen MR) is 81.1 cm³/mol. The highest BCUT2D eigenvalue weighted by Gasteiger charge is 2.05. The molecule has 0 radical (unpaired) electrons. The largest absolute Gasteiger partial charge is 0.389 e. The van der Waals surface area contributed by atoms with E-state index in [1.807, 2.05) is 13.8 Å². The number of thiocarbonyl (C=S) groups is 1. The van der Waals surface area contributed by atoms with Gasteiger partial charge in [0.15, 0.2) is 0 Å². The number of amides is 1. The number of carbonyl (C=O) groups excluding carboxylic acids is 1. The van der Waals surface area contributed by atoms with Gasteiger partial charge >= 0.3 is 0 Å². The Bertz CT molecular complexity index is 450. The number of nitrogens with two attached hydrogens (primary N) is 1. The lowest BCUT2D eigenvalue weighted by molar-refractivity contribution is -0.121. The third-order valence-corrected chi connectivity index (χ3v) is 2.96. The molecule has 6 heteroatoms. The molecule has 0 spiro atoms. The number of aromatic nitrogens is 1. The van der Waals surface area contributed by atoms with Crippen molar-refractivity contribution in [2.45, 2.75) is 32.7 Å². The molecule has 4 N–H and O–H groups in total. The van der Waals surface area contributed by atoms with Crippen LogP contribution in [0.15, 0.2) is 18.3 Å². The lowest BCUT2D eigenvalue weighted by atomic mass is 10.2. The number of anilines is 1. The molecule has 0 saturated heterocycles. The minimum absolute atomic E-state index is 0.0346. The summed E-state index contributed by atoms with van der Waals surface area (Å²) in [5.41, 5.74) is 6.30. The fourth-order valence-electron chi connectivity index (χ4n) is 1.43. The standard InChI is InChI=1S/C13H20N4OS/c1-3-9(2)17-12(18)5-7-16-11-8-10(13(14)19)4-6-15-11/h4,6,8-9H,3,5,7H2,1-2H3,(H2,14,19)(H,15,16)(H,17,18). The molecule has 1 amide bonds. The van der Waals surface area contributed by atoms with Crippen LogP contribution in [0.2, 0.25) is 0 Å². The smallest absolute Gasteiger partial charge is 0.221 e. The van der Waals surface area contributed by atoms with Gasteiger partial charge in [-0.3, -0.25) is 4.79 Å². The Hall–Kier alpha value is -1.69. The molecule has 0 aliphatic heterocycles. The average molecular weight is 280 g/mol. The number of nitrogens with one attached hydrogen (secondary N) is 2. The molecular formula is C13H20N4OS. The summed E-state index contributed by atoms with van der Waals surface area (Å²) in [7, 11) is 0. The average Bonchev–Trinajstić information content (AvgIpc) is 2.38. The number of hydrogen-bond donors (Lipinski definition) is 3. The summed E-state index contributed by atoms with van der Waals surface area (Å²) in [6.07, 6.45) is 2.97. The van der Waals surface area contributed by atoms with E-state index in [9.17, 15) is 4.79 Å². The van der Waals surface area contributed by atoms with Gasteiger partial charge in [0.25, 0.3) is 0 Å². The molecule has 1 atom stereocenters. The Kier molecular flexibility index (Phi) is 6.21. The van der Waals surface area contributed by atoms with E-state index < -0.39 is 0 Å². The Morgan fingerprint density at radius 1 is 1.58 bits per heavy atom. The molecule has 0 aliphatic carbocycles. The normalized spacial score (nSPS) is 11.7. The van der Waals surface area contributed by atoms with E-state index in [4.69, 9.17) is 18.0 Å². The van der Waals surface area contributed by atoms with Crippen molar-refractivity contribution in [1.29, 1.82) is 0 Å². The van der Waals surface area contributed by atoms with Gasteiger partial charge in [0, 0.05) is 30.8 Å². The zero-order chi connectivity index (χ0) is 14.3. The SMILES string of the molecule is CCC(C)NC(=O)CCNc1cc(C(N)=S)ccn1. The third-order valence-electron chi connectivity index (χ3n) is 2.72. The summed E-state index contributed by atoms with van der Waals surface area (Å²) in [5.74, 6) is 0.703. The highest BCUT2D eigenvalue weighted by molar-refractivity contribution is 7.80. The van der Waals surface area contributed by atoms with E-state index in [1.165, 1.54) is 0 Å². The molecule has 104 valence electrons. The fourth-order valence-corrected chi connectivity index (χ4v) is 1.56. The predicted octanol–water partition coefficient (Wildman–Crippen LogP) is 1.43. The molecule has 1 rings (SSSR count). The van der Waals surface area contributed by atoms with Crippen LogP contribution in [0.1, 0.15) is 32.3 Å². The highest BCUT2D eigenvalue weighted by atomic mass is 32.1. The topological polar surface area (TPSA) is 80.0 Å². The van der Waals surface area contributed by atoms with Crippen LogP contribution in [-0.4, -0.2) is 28.5 Å². The van der Waals surface area contributed by atoms with Gasteiger partial charge < -0.3 is 16.4 Å². The van der Waals surface area contributed by atoms with Gasteiger partial charge in [-0.1, -0.05) is 19.1 Å². The van der Waals surface area contributed by atoms with Crippen LogP contribution in [0.5, 0.6) is 0 Å². The second kappa shape index (κ2) is 7.68. The lowest BCUT2D eigenvalue weighted by Crippen LogP contribution is -2.33. The maximum Gasteiger partial charge on any atom is 0.221 e. The maximum atomic E-state index is 11.6. The molecular weight excluding hydrogens is 260 g/mol. The minimum atomic E-state index is 0.0346. The number of rotatable bonds is 7. The van der Waals surface area contributed by atoms with Crippen LogP contribution in [-0.2, 0) is 4.79 Å². The van der Waals surface area contributed by atoms with E-state index >= 15 is 0 Å². The fraction of sp³-hybridized carbons (Fsp3) is 0.462. The van der Waals surface area contributed by atoms with Crippen LogP contribution in [0, 0.1) is 0 Å². The van der Waals surface area contributed by atoms with Gasteiger partial charge in [-0.2, -0.15) is 0 Å². The third kappa shape index (κ3) is 5.65. The van der Waals surface area contributed by atoms with Crippen LogP contribution in [0.4, 0.5) is 5.82 Å². The summed E-state index contributed by atoms with van der Waals surface area (Å²) in [4.78, 5) is 16.0. The molecule has 0 saturated carbocycles. The monoisotopic (exact) mass is 280 g/mol. The van der Waals surface area contributed by atoms with Crippen LogP contribution in [0.25, 0.3) is 0 Å². The molecule has 1 aromatic heterocycles. The second-order valence-corrected chi connectivity index (χ2v) is 4.79. The number of carbonyl (C=O) groups is 1. The molecule has 0 aliphatic rings. The van der Waals surface area contributed by atoms with Gasteiger partial charge in [0.05, 0.1) is 0 Å². The molecule has 1 aromatic rings. The molecule has 1 heterocycles. The first kappa shape index (κ1) is 15.4. The number of pyridine rings is 1. The van der Waals surface area contributed by atoms with E-state index in [-0.39, 0.29) is 11.9 Å². The van der Waals surface area contributed by atoms with Crippen LogP contribution < -0.4 is 16.4 Å². The Morgan fingerprint density at radius 3 is 2.95 bits per heavy atom. The summed E-state index contributed by atoms with van der Waals surface area (Å²) >= 11 is 4.89. The first-order chi connectivity index (χ1) is 9.02. The lowest BCUT2D eigenvalue weighted by Gasteiger charge is -2.11. The zero-order valence-corrected chi connectivity index (χ0v) is 12.1. The highest BCUT2D eigenvalue weighted by Crippen LogP contribution is 2.06. The summed E-state index contributed by atoms with van der Waals surface area (Å²) in [6, 6.07) is 3.74. The molecule has 5 nitrogen and oxygen atoms in total. The summed E-state index contributed by atoms with van der Waals surface area (Å²) in [5, 5.41) is 5.98. The first-order valence-corrected chi connectivity index (χ1v) is 6.72. The van der Waals surface area contributed by atoms with Crippen LogP contribution in [0.3, 0.4) is 0 Å². The Labute approximate surface area is 119 Å². The first-order valence-electron chi connectivity index (χ1n) is 6.32. The minimum Gasteiger partial charge on any atom is -0.389 e. The molecule has 0 aromatic carbocycles. The van der Waals surface area contributed by atoms with Crippen molar-refractivity contribution in [3.8, 4) is 0 Å². The molecule has 1 unspecified atom stereocenters. The zero-order valence-electron chi connectivity index (χ0n) is 11.3. The Morgan fingerprint density at radius 2 is 2.32 bits per heavy atom. The second-order valence-electron chi connectivity index (χ2n) is 4.35. The molecule has 0 bridgehead atoms. The van der Waals surface area contributed by atoms with Gasteiger partial charge in [-0.05, 0) is 25.5 Å². The van der Waals surface area contributed by atoms with Crippen molar-refractivity contribution < 1.29 is 4.79 Å². The number of nitrogens with zero attached hydrogens (tertiary/aromatic N) is 1. The van der Waals surface area contributed by atoms with Crippen molar-refractivity contribution in [1.82, 2.24) is 10.3 Å². The van der Waals surface area contributed by atoms with Gasteiger partial charge in [0.2, 0.25) is 5.91 Å². The van der Waals surface area contributed by atoms with Crippen molar-refractivity contribution in [2.75, 3.05) is 11.9 Å². The van der Waals surface area contributed by atoms with Crippen molar-refractivity contribution in [3.05, 3.63) is 23.9 Å². The van der Waals surface area contributed by atoms with Crippen molar-refractivity contribution in [2.24, 2.45) is 5.73 Å². The van der Waals surface area contributed by atoms with E-state index in [2.05, 4.69) is 15.6 Å². The quantitative estimate of drug-likeness (QED) is 0.658. The molecule has 0 fully saturated rings. The van der Waals surface area contributed by atoms with Gasteiger partial charge in [-0.15, -0.1) is 0 Å². The molecule has 19 heavy (non-hydrogen) atoms.